The second-order valence-electron chi connectivity index (χ2n) is 5.07. The Kier molecular flexibility index (Phi) is 3.43. The van der Waals surface area contributed by atoms with Crippen molar-refractivity contribution in [3.8, 4) is 0 Å². The van der Waals surface area contributed by atoms with Crippen LogP contribution in [0, 0.1) is 0 Å². The second-order valence-corrected chi connectivity index (χ2v) is 5.69. The van der Waals surface area contributed by atoms with E-state index in [1.165, 1.54) is 16.3 Å². The SMILES string of the molecule is O=C1CC(Cl)CN1CCc1ccc2ccccc2c1. The number of benzene rings is 2. The van der Waals surface area contributed by atoms with Gasteiger partial charge in [0.15, 0.2) is 0 Å². The highest BCUT2D eigenvalue weighted by atomic mass is 35.5. The first-order chi connectivity index (χ1) is 9.22. The molecular formula is C16H16ClNO. The molecule has 1 heterocycles. The second kappa shape index (κ2) is 5.22. The van der Waals surface area contributed by atoms with Crippen molar-refractivity contribution in [1.29, 1.82) is 0 Å². The van der Waals surface area contributed by atoms with Gasteiger partial charge in [-0.25, -0.2) is 0 Å². The summed E-state index contributed by atoms with van der Waals surface area (Å²) in [7, 11) is 0. The Morgan fingerprint density at radius 2 is 1.95 bits per heavy atom. The predicted molar refractivity (Wildman–Crippen MR) is 78.5 cm³/mol. The fourth-order valence-electron chi connectivity index (χ4n) is 2.60. The van der Waals surface area contributed by atoms with Crippen molar-refractivity contribution >= 4 is 28.3 Å². The summed E-state index contributed by atoms with van der Waals surface area (Å²) in [6, 6.07) is 14.8. The molecule has 2 aromatic carbocycles. The zero-order valence-electron chi connectivity index (χ0n) is 10.7. The van der Waals surface area contributed by atoms with Crippen LogP contribution in [0.2, 0.25) is 0 Å². The topological polar surface area (TPSA) is 20.3 Å². The fraction of sp³-hybridized carbons (Fsp3) is 0.312. The van der Waals surface area contributed by atoms with Crippen LogP contribution in [0.25, 0.3) is 10.8 Å². The number of rotatable bonds is 3. The lowest BCUT2D eigenvalue weighted by molar-refractivity contribution is -0.127. The molecule has 1 unspecified atom stereocenters. The van der Waals surface area contributed by atoms with Crippen LogP contribution >= 0.6 is 11.6 Å². The maximum Gasteiger partial charge on any atom is 0.224 e. The van der Waals surface area contributed by atoms with Crippen LogP contribution in [0.5, 0.6) is 0 Å². The average molecular weight is 274 g/mol. The Balaban J connectivity index is 1.70. The molecule has 0 aromatic heterocycles. The molecule has 19 heavy (non-hydrogen) atoms. The molecule has 1 amide bonds. The summed E-state index contributed by atoms with van der Waals surface area (Å²) in [5.74, 6) is 0.181. The smallest absolute Gasteiger partial charge is 0.224 e. The van der Waals surface area contributed by atoms with E-state index < -0.39 is 0 Å². The van der Waals surface area contributed by atoms with Crippen molar-refractivity contribution in [2.24, 2.45) is 0 Å². The van der Waals surface area contributed by atoms with Crippen LogP contribution in [0.3, 0.4) is 0 Å². The van der Waals surface area contributed by atoms with Crippen LogP contribution in [0.15, 0.2) is 42.5 Å². The number of halogens is 1. The molecule has 0 aliphatic carbocycles. The van der Waals surface area contributed by atoms with Gasteiger partial charge < -0.3 is 4.90 Å². The highest BCUT2D eigenvalue weighted by molar-refractivity contribution is 6.22. The minimum atomic E-state index is -0.0101. The standard InChI is InChI=1S/C16H16ClNO/c17-15-10-16(19)18(11-15)8-7-12-5-6-13-3-1-2-4-14(13)9-12/h1-6,9,15H,7-8,10-11H2. The Morgan fingerprint density at radius 1 is 1.16 bits per heavy atom. The Morgan fingerprint density at radius 3 is 2.68 bits per heavy atom. The molecule has 98 valence electrons. The van der Waals surface area contributed by atoms with Crippen LogP contribution in [0.1, 0.15) is 12.0 Å². The van der Waals surface area contributed by atoms with E-state index >= 15 is 0 Å². The monoisotopic (exact) mass is 273 g/mol. The number of fused-ring (bicyclic) bond motifs is 1. The van der Waals surface area contributed by atoms with Gasteiger partial charge in [-0.3, -0.25) is 4.79 Å². The molecule has 1 fully saturated rings. The van der Waals surface area contributed by atoms with E-state index in [1.54, 1.807) is 0 Å². The summed E-state index contributed by atoms with van der Waals surface area (Å²) in [5, 5.41) is 2.50. The molecule has 0 radical (unpaired) electrons. The van der Waals surface area contributed by atoms with Crippen LogP contribution in [0.4, 0.5) is 0 Å². The quantitative estimate of drug-likeness (QED) is 0.787. The molecule has 2 nitrogen and oxygen atoms in total. The Labute approximate surface area is 118 Å². The van der Waals surface area contributed by atoms with Gasteiger partial charge in [-0.1, -0.05) is 42.5 Å². The maximum atomic E-state index is 11.7. The number of alkyl halides is 1. The summed E-state index contributed by atoms with van der Waals surface area (Å²) in [6.45, 7) is 1.45. The van der Waals surface area contributed by atoms with Gasteiger partial charge in [0.2, 0.25) is 5.91 Å². The first kappa shape index (κ1) is 12.5. The van der Waals surface area contributed by atoms with Gasteiger partial charge in [0.05, 0.1) is 5.38 Å². The van der Waals surface area contributed by atoms with Crippen LogP contribution in [-0.4, -0.2) is 29.3 Å². The Bertz CT molecular complexity index is 610. The van der Waals surface area contributed by atoms with Crippen molar-refractivity contribution in [2.45, 2.75) is 18.2 Å². The molecule has 1 saturated heterocycles. The Hall–Kier alpha value is -1.54. The van der Waals surface area contributed by atoms with E-state index in [0.717, 1.165) is 13.0 Å². The molecule has 0 bridgehead atoms. The number of likely N-dealkylation sites (tertiary alicyclic amines) is 1. The van der Waals surface area contributed by atoms with E-state index in [-0.39, 0.29) is 11.3 Å². The van der Waals surface area contributed by atoms with Crippen molar-refractivity contribution in [1.82, 2.24) is 4.90 Å². The van der Waals surface area contributed by atoms with Crippen molar-refractivity contribution in [3.63, 3.8) is 0 Å². The molecule has 0 spiro atoms. The van der Waals surface area contributed by atoms with Gasteiger partial charge in [-0.2, -0.15) is 0 Å². The van der Waals surface area contributed by atoms with Gasteiger partial charge in [-0.15, -0.1) is 11.6 Å². The lowest BCUT2D eigenvalue weighted by atomic mass is 10.1. The third-order valence-electron chi connectivity index (χ3n) is 3.65. The van der Waals surface area contributed by atoms with Crippen molar-refractivity contribution in [3.05, 3.63) is 48.0 Å². The van der Waals surface area contributed by atoms with Gasteiger partial charge >= 0.3 is 0 Å². The molecule has 3 heteroatoms. The zero-order valence-corrected chi connectivity index (χ0v) is 11.4. The maximum absolute atomic E-state index is 11.7. The van der Waals surface area contributed by atoms with E-state index in [9.17, 15) is 4.79 Å². The van der Waals surface area contributed by atoms with E-state index in [0.29, 0.717) is 13.0 Å². The van der Waals surface area contributed by atoms with E-state index in [2.05, 4.69) is 30.3 Å². The molecular weight excluding hydrogens is 258 g/mol. The number of amides is 1. The highest BCUT2D eigenvalue weighted by Crippen LogP contribution is 2.19. The summed E-state index contributed by atoms with van der Waals surface area (Å²) in [6.07, 6.45) is 1.37. The zero-order chi connectivity index (χ0) is 13.2. The third kappa shape index (κ3) is 2.74. The fourth-order valence-corrected chi connectivity index (χ4v) is 2.90. The summed E-state index contributed by atoms with van der Waals surface area (Å²) in [4.78, 5) is 13.5. The van der Waals surface area contributed by atoms with E-state index in [4.69, 9.17) is 11.6 Å². The van der Waals surface area contributed by atoms with Crippen molar-refractivity contribution < 1.29 is 4.79 Å². The van der Waals surface area contributed by atoms with Gasteiger partial charge in [0.25, 0.3) is 0 Å². The van der Waals surface area contributed by atoms with Crippen LogP contribution < -0.4 is 0 Å². The summed E-state index contributed by atoms with van der Waals surface area (Å²) < 4.78 is 0. The molecule has 1 atom stereocenters. The van der Waals surface area contributed by atoms with Gasteiger partial charge in [-0.05, 0) is 22.8 Å². The molecule has 1 aliphatic rings. The first-order valence-electron chi connectivity index (χ1n) is 6.62. The lowest BCUT2D eigenvalue weighted by Gasteiger charge is -2.15. The minimum absolute atomic E-state index is 0.0101. The summed E-state index contributed by atoms with van der Waals surface area (Å²) >= 11 is 6.00. The predicted octanol–water partition coefficient (Wildman–Crippen LogP) is 3.22. The highest BCUT2D eigenvalue weighted by Gasteiger charge is 2.27. The third-order valence-corrected chi connectivity index (χ3v) is 3.94. The molecule has 0 N–H and O–H groups in total. The van der Waals surface area contributed by atoms with Gasteiger partial charge in [0, 0.05) is 19.5 Å². The molecule has 2 aromatic rings. The first-order valence-corrected chi connectivity index (χ1v) is 7.05. The van der Waals surface area contributed by atoms with Crippen molar-refractivity contribution in [2.75, 3.05) is 13.1 Å². The summed E-state index contributed by atoms with van der Waals surface area (Å²) in [5.41, 5.74) is 1.27. The number of hydrogen-bond donors (Lipinski definition) is 0. The molecule has 0 saturated carbocycles. The van der Waals surface area contributed by atoms with E-state index in [1.807, 2.05) is 17.0 Å². The number of carbonyl (C=O) groups is 1. The minimum Gasteiger partial charge on any atom is -0.341 e. The number of carbonyl (C=O) groups excluding carboxylic acids is 1. The normalized spacial score (nSPS) is 19.3. The number of nitrogens with zero attached hydrogens (tertiary/aromatic N) is 1. The number of hydrogen-bond acceptors (Lipinski definition) is 1. The van der Waals surface area contributed by atoms with Crippen LogP contribution in [-0.2, 0) is 11.2 Å². The molecule has 1 aliphatic heterocycles. The lowest BCUT2D eigenvalue weighted by Crippen LogP contribution is -2.27. The molecule has 3 rings (SSSR count). The largest absolute Gasteiger partial charge is 0.341 e. The van der Waals surface area contributed by atoms with Gasteiger partial charge in [0.1, 0.15) is 0 Å². The average Bonchev–Trinajstić information content (AvgIpc) is 2.74.